The molecule has 0 saturated heterocycles. The van der Waals surface area contributed by atoms with Crippen molar-refractivity contribution in [3.8, 4) is 17.2 Å². The SMILES string of the molecule is CCC(CO)NC(=O)c1c(OC)ccc2c(Oc3ccc(NC(=S)NC(=O)Cc4ccc(Cl)cc4)cc3F)ccnc12. The largest absolute Gasteiger partial charge is 0.496 e. The summed E-state index contributed by atoms with van der Waals surface area (Å²) < 4.78 is 26.4. The molecule has 218 valence electrons. The van der Waals surface area contributed by atoms with Crippen LogP contribution < -0.4 is 25.4 Å². The fraction of sp³-hybridized carbons (Fsp3) is 0.200. The molecule has 1 heterocycles. The van der Waals surface area contributed by atoms with Crippen LogP contribution in [0.3, 0.4) is 0 Å². The number of carbonyl (C=O) groups excluding carboxylic acids is 2. The Morgan fingerprint density at radius 1 is 1.07 bits per heavy atom. The van der Waals surface area contributed by atoms with Crippen molar-refractivity contribution in [1.82, 2.24) is 15.6 Å². The molecule has 1 aromatic heterocycles. The molecule has 0 aliphatic heterocycles. The van der Waals surface area contributed by atoms with Gasteiger partial charge in [-0.05, 0) is 66.7 Å². The number of nitrogens with one attached hydrogen (secondary N) is 3. The van der Waals surface area contributed by atoms with Crippen LogP contribution in [0.15, 0.2) is 66.9 Å². The highest BCUT2D eigenvalue weighted by atomic mass is 35.5. The minimum atomic E-state index is -0.694. The van der Waals surface area contributed by atoms with Crippen LogP contribution in [-0.2, 0) is 11.2 Å². The number of hydrogen-bond donors (Lipinski definition) is 4. The van der Waals surface area contributed by atoms with Gasteiger partial charge in [-0.25, -0.2) is 4.39 Å². The van der Waals surface area contributed by atoms with Gasteiger partial charge >= 0.3 is 0 Å². The quantitative estimate of drug-likeness (QED) is 0.177. The van der Waals surface area contributed by atoms with Crippen molar-refractivity contribution in [2.45, 2.75) is 25.8 Å². The number of nitrogens with zero attached hydrogens (tertiary/aromatic N) is 1. The number of pyridine rings is 1. The Kier molecular flexibility index (Phi) is 10.2. The second-order valence-corrected chi connectivity index (χ2v) is 10.0. The van der Waals surface area contributed by atoms with Gasteiger partial charge in [0.1, 0.15) is 17.1 Å². The van der Waals surface area contributed by atoms with E-state index in [0.717, 1.165) is 5.56 Å². The van der Waals surface area contributed by atoms with E-state index in [1.807, 2.05) is 6.92 Å². The average Bonchev–Trinajstić information content (AvgIpc) is 2.97. The lowest BCUT2D eigenvalue weighted by Crippen LogP contribution is -2.37. The van der Waals surface area contributed by atoms with Gasteiger partial charge in [0.15, 0.2) is 16.7 Å². The molecule has 42 heavy (non-hydrogen) atoms. The summed E-state index contributed by atoms with van der Waals surface area (Å²) in [7, 11) is 1.43. The number of anilines is 1. The Morgan fingerprint density at radius 3 is 2.48 bits per heavy atom. The minimum Gasteiger partial charge on any atom is -0.496 e. The lowest BCUT2D eigenvalue weighted by molar-refractivity contribution is -0.119. The molecular formula is C30H28ClFN4O5S. The Hall–Kier alpha value is -4.32. The number of aliphatic hydroxyl groups is 1. The number of thiocarbonyl (C=S) groups is 1. The van der Waals surface area contributed by atoms with E-state index in [1.54, 1.807) is 48.5 Å². The summed E-state index contributed by atoms with van der Waals surface area (Å²) in [5.74, 6) is -1.04. The van der Waals surface area contributed by atoms with E-state index in [0.29, 0.717) is 22.5 Å². The molecule has 0 spiro atoms. The smallest absolute Gasteiger partial charge is 0.257 e. The summed E-state index contributed by atoms with van der Waals surface area (Å²) in [6.07, 6.45) is 2.06. The molecule has 4 N–H and O–H groups in total. The van der Waals surface area contributed by atoms with E-state index in [-0.39, 0.29) is 52.4 Å². The van der Waals surface area contributed by atoms with Gasteiger partial charge in [-0.3, -0.25) is 14.6 Å². The van der Waals surface area contributed by atoms with Crippen molar-refractivity contribution >= 4 is 57.3 Å². The molecule has 0 radical (unpaired) electrons. The summed E-state index contributed by atoms with van der Waals surface area (Å²) in [6.45, 7) is 1.62. The van der Waals surface area contributed by atoms with Gasteiger partial charge in [-0.2, -0.15) is 0 Å². The molecule has 0 aliphatic carbocycles. The highest BCUT2D eigenvalue weighted by molar-refractivity contribution is 7.80. The van der Waals surface area contributed by atoms with Crippen molar-refractivity contribution < 1.29 is 28.6 Å². The van der Waals surface area contributed by atoms with E-state index in [1.165, 1.54) is 25.4 Å². The van der Waals surface area contributed by atoms with Gasteiger partial charge in [0.05, 0.1) is 31.7 Å². The number of ether oxygens (including phenoxy) is 2. The minimum absolute atomic E-state index is 0.00780. The number of aromatic nitrogens is 1. The van der Waals surface area contributed by atoms with Crippen molar-refractivity contribution in [2.75, 3.05) is 19.0 Å². The predicted molar refractivity (Wildman–Crippen MR) is 163 cm³/mol. The first-order valence-electron chi connectivity index (χ1n) is 12.9. The van der Waals surface area contributed by atoms with Crippen molar-refractivity contribution in [3.05, 3.63) is 88.8 Å². The number of rotatable bonds is 10. The fourth-order valence-corrected chi connectivity index (χ4v) is 4.45. The van der Waals surface area contributed by atoms with E-state index < -0.39 is 17.8 Å². The Bertz CT molecular complexity index is 1620. The Labute approximate surface area is 252 Å². The number of hydrogen-bond acceptors (Lipinski definition) is 7. The van der Waals surface area contributed by atoms with Crippen LogP contribution in [0.4, 0.5) is 10.1 Å². The third kappa shape index (κ3) is 7.49. The second-order valence-electron chi connectivity index (χ2n) is 9.16. The van der Waals surface area contributed by atoms with Gasteiger partial charge in [-0.15, -0.1) is 0 Å². The zero-order valence-corrected chi connectivity index (χ0v) is 24.3. The Morgan fingerprint density at radius 2 is 1.81 bits per heavy atom. The van der Waals surface area contributed by atoms with Crippen molar-refractivity contribution in [1.29, 1.82) is 0 Å². The number of halogens is 2. The third-order valence-corrected chi connectivity index (χ3v) is 6.73. The molecule has 1 atom stereocenters. The predicted octanol–water partition coefficient (Wildman–Crippen LogP) is 5.38. The molecule has 2 amide bonds. The summed E-state index contributed by atoms with van der Waals surface area (Å²) in [6, 6.07) is 15.4. The lowest BCUT2D eigenvalue weighted by Gasteiger charge is -2.17. The van der Waals surface area contributed by atoms with E-state index in [4.69, 9.17) is 33.3 Å². The Balaban J connectivity index is 1.49. The molecule has 3 aromatic carbocycles. The molecule has 1 unspecified atom stereocenters. The monoisotopic (exact) mass is 610 g/mol. The summed E-state index contributed by atoms with van der Waals surface area (Å²) in [5.41, 5.74) is 1.51. The average molecular weight is 611 g/mol. The maximum absolute atomic E-state index is 15.1. The standard InChI is InChI=1S/C30H28ClFN4O5S/c1-3-19(16-37)34-29(39)27-25(40-2)11-9-21-23(12-13-33-28(21)27)41-24-10-8-20(15-22(24)32)35-30(42)36-26(38)14-17-4-6-18(31)7-5-17/h4-13,15,19,37H,3,14,16H2,1-2H3,(H,34,39)(H2,35,36,38,42). The first-order valence-corrected chi connectivity index (χ1v) is 13.7. The van der Waals surface area contributed by atoms with Crippen LogP contribution in [0.5, 0.6) is 17.2 Å². The fourth-order valence-electron chi connectivity index (χ4n) is 4.09. The molecule has 4 aromatic rings. The van der Waals surface area contributed by atoms with Crippen molar-refractivity contribution in [2.24, 2.45) is 0 Å². The molecular weight excluding hydrogens is 583 g/mol. The molecule has 0 bridgehead atoms. The molecule has 4 rings (SSSR count). The maximum atomic E-state index is 15.1. The second kappa shape index (κ2) is 14.0. The molecule has 0 fully saturated rings. The van der Waals surface area contributed by atoms with Gasteiger partial charge < -0.3 is 30.5 Å². The maximum Gasteiger partial charge on any atom is 0.257 e. The zero-order valence-electron chi connectivity index (χ0n) is 22.7. The number of amides is 2. The van der Waals surface area contributed by atoms with Crippen LogP contribution in [0.2, 0.25) is 5.02 Å². The topological polar surface area (TPSA) is 122 Å². The van der Waals surface area contributed by atoms with Crippen LogP contribution >= 0.6 is 23.8 Å². The van der Waals surface area contributed by atoms with Gasteiger partial charge in [0.25, 0.3) is 5.91 Å². The van der Waals surface area contributed by atoms with Gasteiger partial charge in [0.2, 0.25) is 5.91 Å². The number of methoxy groups -OCH3 is 1. The first kappa shape index (κ1) is 30.6. The third-order valence-electron chi connectivity index (χ3n) is 6.27. The first-order chi connectivity index (χ1) is 20.2. The highest BCUT2D eigenvalue weighted by Gasteiger charge is 2.22. The lowest BCUT2D eigenvalue weighted by atomic mass is 10.1. The highest BCUT2D eigenvalue weighted by Crippen LogP contribution is 2.35. The molecule has 0 aliphatic rings. The van der Waals surface area contributed by atoms with Gasteiger partial charge in [-0.1, -0.05) is 30.7 Å². The summed E-state index contributed by atoms with van der Waals surface area (Å²) in [4.78, 5) is 29.8. The normalized spacial score (nSPS) is 11.5. The number of aliphatic hydroxyl groups excluding tert-OH is 1. The molecule has 9 nitrogen and oxygen atoms in total. The van der Waals surface area contributed by atoms with Crippen LogP contribution in [0.1, 0.15) is 29.3 Å². The molecule has 12 heteroatoms. The summed E-state index contributed by atoms with van der Waals surface area (Å²) in [5, 5.41) is 18.7. The number of fused-ring (bicyclic) bond motifs is 1. The van der Waals surface area contributed by atoms with E-state index >= 15 is 4.39 Å². The van der Waals surface area contributed by atoms with Crippen LogP contribution in [0.25, 0.3) is 10.9 Å². The zero-order chi connectivity index (χ0) is 30.2. The van der Waals surface area contributed by atoms with Gasteiger partial charge in [0, 0.05) is 28.4 Å². The number of benzene rings is 3. The van der Waals surface area contributed by atoms with Crippen LogP contribution in [-0.4, -0.2) is 46.8 Å². The van der Waals surface area contributed by atoms with E-state index in [9.17, 15) is 14.7 Å². The molecule has 0 saturated carbocycles. The number of carbonyl (C=O) groups is 2. The summed E-state index contributed by atoms with van der Waals surface area (Å²) >= 11 is 11.1. The van der Waals surface area contributed by atoms with Crippen LogP contribution in [0, 0.1) is 5.82 Å². The van der Waals surface area contributed by atoms with E-state index in [2.05, 4.69) is 20.9 Å². The van der Waals surface area contributed by atoms with Crippen molar-refractivity contribution in [3.63, 3.8) is 0 Å².